The maximum absolute atomic E-state index is 12.1. The summed E-state index contributed by atoms with van der Waals surface area (Å²) < 4.78 is 1.67. The summed E-state index contributed by atoms with van der Waals surface area (Å²) >= 11 is 6.20. The van der Waals surface area contributed by atoms with Gasteiger partial charge in [-0.05, 0) is 26.8 Å². The van der Waals surface area contributed by atoms with Gasteiger partial charge in [-0.1, -0.05) is 11.6 Å². The fraction of sp³-hybridized carbons (Fsp3) is 0.692. The average molecular weight is 285 g/mol. The number of amides is 1. The number of aromatic nitrogens is 2. The van der Waals surface area contributed by atoms with Crippen LogP contribution in [0.25, 0.3) is 0 Å². The lowest BCUT2D eigenvalue weighted by Gasteiger charge is -2.21. The van der Waals surface area contributed by atoms with Gasteiger partial charge < -0.3 is 4.90 Å². The standard InChI is InChI=1S/C13H21ClN4O/c1-10-11(13(14)17(3)15-10)8-16(2)9-12(19)18-6-4-5-7-18/h4-9H2,1-3H3. The number of carbonyl (C=O) groups is 1. The number of hydrogen-bond donors (Lipinski definition) is 0. The van der Waals surface area contributed by atoms with Gasteiger partial charge in [0.05, 0.1) is 12.2 Å². The second-order valence-electron chi connectivity index (χ2n) is 5.24. The highest BCUT2D eigenvalue weighted by Crippen LogP contribution is 2.20. The van der Waals surface area contributed by atoms with Crippen LogP contribution in [-0.4, -0.2) is 52.2 Å². The van der Waals surface area contributed by atoms with Crippen LogP contribution >= 0.6 is 11.6 Å². The van der Waals surface area contributed by atoms with Gasteiger partial charge in [-0.2, -0.15) is 5.10 Å². The molecule has 106 valence electrons. The van der Waals surface area contributed by atoms with E-state index in [4.69, 9.17) is 11.6 Å². The molecule has 0 saturated carbocycles. The summed E-state index contributed by atoms with van der Waals surface area (Å²) in [5.41, 5.74) is 1.92. The Morgan fingerprint density at radius 3 is 2.58 bits per heavy atom. The smallest absolute Gasteiger partial charge is 0.236 e. The first-order valence-electron chi connectivity index (χ1n) is 6.63. The molecule has 0 N–H and O–H groups in total. The third kappa shape index (κ3) is 3.28. The monoisotopic (exact) mass is 284 g/mol. The Morgan fingerprint density at radius 2 is 2.05 bits per heavy atom. The highest BCUT2D eigenvalue weighted by Gasteiger charge is 2.20. The SMILES string of the molecule is Cc1nn(C)c(Cl)c1CN(C)CC(=O)N1CCCC1. The average Bonchev–Trinajstić information content (AvgIpc) is 2.94. The number of nitrogens with zero attached hydrogens (tertiary/aromatic N) is 4. The minimum absolute atomic E-state index is 0.206. The van der Waals surface area contributed by atoms with Crippen molar-refractivity contribution in [3.63, 3.8) is 0 Å². The molecule has 1 amide bonds. The minimum atomic E-state index is 0.206. The van der Waals surface area contributed by atoms with Crippen molar-refractivity contribution in [2.24, 2.45) is 7.05 Å². The van der Waals surface area contributed by atoms with E-state index in [1.807, 2.05) is 30.8 Å². The lowest BCUT2D eigenvalue weighted by atomic mass is 10.2. The molecule has 1 aliphatic heterocycles. The quantitative estimate of drug-likeness (QED) is 0.840. The van der Waals surface area contributed by atoms with Gasteiger partial charge in [-0.25, -0.2) is 0 Å². The molecule has 1 aromatic rings. The van der Waals surface area contributed by atoms with E-state index in [2.05, 4.69) is 5.10 Å². The summed E-state index contributed by atoms with van der Waals surface area (Å²) in [6, 6.07) is 0. The van der Waals surface area contributed by atoms with E-state index in [-0.39, 0.29) is 5.91 Å². The minimum Gasteiger partial charge on any atom is -0.342 e. The number of likely N-dealkylation sites (N-methyl/N-ethyl adjacent to an activating group) is 1. The van der Waals surface area contributed by atoms with E-state index < -0.39 is 0 Å². The van der Waals surface area contributed by atoms with Gasteiger partial charge in [0.15, 0.2) is 0 Å². The van der Waals surface area contributed by atoms with Crippen molar-refractivity contribution in [2.45, 2.75) is 26.3 Å². The van der Waals surface area contributed by atoms with E-state index in [1.165, 1.54) is 0 Å². The second kappa shape index (κ2) is 5.92. The molecule has 1 aromatic heterocycles. The Morgan fingerprint density at radius 1 is 1.42 bits per heavy atom. The third-order valence-electron chi connectivity index (χ3n) is 3.56. The molecule has 0 aromatic carbocycles. The number of carbonyl (C=O) groups excluding carboxylic acids is 1. The highest BCUT2D eigenvalue weighted by molar-refractivity contribution is 6.30. The first-order valence-corrected chi connectivity index (χ1v) is 7.01. The summed E-state index contributed by atoms with van der Waals surface area (Å²) in [6.45, 7) is 4.83. The summed E-state index contributed by atoms with van der Waals surface area (Å²) in [5.74, 6) is 0.206. The molecule has 1 aliphatic rings. The molecule has 0 aliphatic carbocycles. The maximum atomic E-state index is 12.1. The number of halogens is 1. The molecule has 2 heterocycles. The summed E-state index contributed by atoms with van der Waals surface area (Å²) in [4.78, 5) is 16.0. The number of hydrogen-bond acceptors (Lipinski definition) is 3. The molecule has 6 heteroatoms. The van der Waals surface area contributed by atoms with Crippen molar-refractivity contribution in [2.75, 3.05) is 26.7 Å². The van der Waals surface area contributed by atoms with Crippen LogP contribution in [0.5, 0.6) is 0 Å². The molecular formula is C13H21ClN4O. The van der Waals surface area contributed by atoms with Gasteiger partial charge in [0, 0.05) is 32.2 Å². The van der Waals surface area contributed by atoms with Crippen LogP contribution in [0.15, 0.2) is 0 Å². The van der Waals surface area contributed by atoms with Crippen molar-refractivity contribution >= 4 is 17.5 Å². The van der Waals surface area contributed by atoms with Gasteiger partial charge in [0.2, 0.25) is 5.91 Å². The Hall–Kier alpha value is -1.07. The van der Waals surface area contributed by atoms with Crippen LogP contribution in [-0.2, 0) is 18.4 Å². The molecule has 0 bridgehead atoms. The van der Waals surface area contributed by atoms with E-state index in [9.17, 15) is 4.79 Å². The van der Waals surface area contributed by atoms with Gasteiger partial charge in [-0.15, -0.1) is 0 Å². The molecule has 0 radical (unpaired) electrons. The molecular weight excluding hydrogens is 264 g/mol. The van der Waals surface area contributed by atoms with Crippen LogP contribution in [0.2, 0.25) is 5.15 Å². The van der Waals surface area contributed by atoms with Gasteiger partial charge in [0.25, 0.3) is 0 Å². The number of aryl methyl sites for hydroxylation is 2. The van der Waals surface area contributed by atoms with Crippen molar-refractivity contribution in [3.8, 4) is 0 Å². The summed E-state index contributed by atoms with van der Waals surface area (Å²) in [6.07, 6.45) is 2.26. The number of rotatable bonds is 4. The van der Waals surface area contributed by atoms with E-state index in [0.717, 1.165) is 37.2 Å². The molecule has 2 rings (SSSR count). The lowest BCUT2D eigenvalue weighted by molar-refractivity contribution is -0.131. The summed E-state index contributed by atoms with van der Waals surface area (Å²) in [5, 5.41) is 4.93. The van der Waals surface area contributed by atoms with Gasteiger partial charge in [-0.3, -0.25) is 14.4 Å². The molecule has 1 saturated heterocycles. The van der Waals surface area contributed by atoms with Crippen LogP contribution in [0, 0.1) is 6.92 Å². The fourth-order valence-electron chi connectivity index (χ4n) is 2.48. The first kappa shape index (κ1) is 14.3. The largest absolute Gasteiger partial charge is 0.342 e. The second-order valence-corrected chi connectivity index (χ2v) is 5.60. The predicted molar refractivity (Wildman–Crippen MR) is 75.1 cm³/mol. The molecule has 0 spiro atoms. The zero-order valence-electron chi connectivity index (χ0n) is 11.8. The van der Waals surface area contributed by atoms with Crippen molar-refractivity contribution < 1.29 is 4.79 Å². The van der Waals surface area contributed by atoms with Gasteiger partial charge in [0.1, 0.15) is 5.15 Å². The van der Waals surface area contributed by atoms with Crippen LogP contribution in [0.3, 0.4) is 0 Å². The first-order chi connectivity index (χ1) is 8.99. The van der Waals surface area contributed by atoms with Crippen molar-refractivity contribution in [3.05, 3.63) is 16.4 Å². The zero-order chi connectivity index (χ0) is 14.0. The molecule has 1 fully saturated rings. The lowest BCUT2D eigenvalue weighted by Crippen LogP contribution is -2.37. The van der Waals surface area contributed by atoms with Crippen LogP contribution in [0.1, 0.15) is 24.1 Å². The van der Waals surface area contributed by atoms with Crippen molar-refractivity contribution in [1.29, 1.82) is 0 Å². The highest BCUT2D eigenvalue weighted by atomic mass is 35.5. The van der Waals surface area contributed by atoms with Gasteiger partial charge >= 0.3 is 0 Å². The Labute approximate surface area is 119 Å². The fourth-order valence-corrected chi connectivity index (χ4v) is 2.71. The topological polar surface area (TPSA) is 41.4 Å². The van der Waals surface area contributed by atoms with E-state index >= 15 is 0 Å². The Kier molecular flexibility index (Phi) is 4.47. The molecule has 0 atom stereocenters. The third-order valence-corrected chi connectivity index (χ3v) is 4.03. The maximum Gasteiger partial charge on any atom is 0.236 e. The van der Waals surface area contributed by atoms with E-state index in [0.29, 0.717) is 18.2 Å². The molecule has 5 nitrogen and oxygen atoms in total. The van der Waals surface area contributed by atoms with Crippen LogP contribution in [0.4, 0.5) is 0 Å². The zero-order valence-corrected chi connectivity index (χ0v) is 12.6. The Balaban J connectivity index is 1.93. The van der Waals surface area contributed by atoms with E-state index in [1.54, 1.807) is 4.68 Å². The normalized spacial score (nSPS) is 15.5. The summed E-state index contributed by atoms with van der Waals surface area (Å²) in [7, 11) is 3.77. The molecule has 0 unspecified atom stereocenters. The predicted octanol–water partition coefficient (Wildman–Crippen LogP) is 1.44. The Bertz CT molecular complexity index is 465. The number of likely N-dealkylation sites (tertiary alicyclic amines) is 1. The van der Waals surface area contributed by atoms with Crippen molar-refractivity contribution in [1.82, 2.24) is 19.6 Å². The molecule has 19 heavy (non-hydrogen) atoms. The van der Waals surface area contributed by atoms with Crippen LogP contribution < -0.4 is 0 Å².